The van der Waals surface area contributed by atoms with Crippen LogP contribution in [0.25, 0.3) is 11.3 Å². The van der Waals surface area contributed by atoms with Gasteiger partial charge in [0.05, 0.1) is 30.1 Å². The van der Waals surface area contributed by atoms with Crippen molar-refractivity contribution >= 4 is 23.9 Å². The number of benzene rings is 2. The van der Waals surface area contributed by atoms with Gasteiger partial charge in [-0.05, 0) is 65.5 Å². The summed E-state index contributed by atoms with van der Waals surface area (Å²) in [6.45, 7) is 18.6. The number of likely N-dealkylation sites (N-methyl/N-ethyl adjacent to an activating group) is 1. The summed E-state index contributed by atoms with van der Waals surface area (Å²) in [7, 11) is 1.38. The Bertz CT molecular complexity index is 2160. The number of hydrogen-bond donors (Lipinski definition) is 4. The van der Waals surface area contributed by atoms with Crippen molar-refractivity contribution in [1.82, 2.24) is 35.3 Å². The monoisotopic (exact) mass is 862 g/mol. The molecule has 3 heterocycles. The highest BCUT2D eigenvalue weighted by molar-refractivity contribution is 5.89. The molecule has 13 heteroatoms. The highest BCUT2D eigenvalue weighted by Gasteiger charge is 2.45. The van der Waals surface area contributed by atoms with Crippen LogP contribution in [0, 0.1) is 10.8 Å². The molecule has 5 atom stereocenters. The maximum Gasteiger partial charge on any atom is 0.407 e. The number of aromatic nitrogens is 2. The normalized spacial score (nSPS) is 15.9. The van der Waals surface area contributed by atoms with Gasteiger partial charge in [-0.1, -0.05) is 129 Å². The molecule has 0 radical (unpaired) electrons. The summed E-state index contributed by atoms with van der Waals surface area (Å²) in [4.78, 5) is 68.8. The number of aliphatic hydroxyl groups excluding tert-OH is 1. The van der Waals surface area contributed by atoms with Crippen LogP contribution in [0.2, 0.25) is 0 Å². The van der Waals surface area contributed by atoms with Crippen LogP contribution in [0.3, 0.4) is 0 Å². The SMILES string of the molecule is CN(C(=O)O)[C@H](C(=O)N[C@H](Cc1ccc(-c2ccccn2)cc1)C[C@H](O)[C@H](Cc1ccccc1)NC(=O)[C@@H](N1CCN(Cc2cccc(C(C)(C)C)n2)C1=O)C(C)(C)C)C(C)(C)C. The number of nitrogens with one attached hydrogen (secondary N) is 2. The van der Waals surface area contributed by atoms with Gasteiger partial charge in [0.1, 0.15) is 12.1 Å². The number of urea groups is 1. The smallest absolute Gasteiger partial charge is 0.407 e. The number of carbonyl (C=O) groups is 4. The molecule has 4 N–H and O–H groups in total. The molecule has 0 unspecified atom stereocenters. The van der Waals surface area contributed by atoms with E-state index in [1.54, 1.807) is 36.8 Å². The maximum atomic E-state index is 14.7. The van der Waals surface area contributed by atoms with E-state index in [1.165, 1.54) is 7.05 Å². The third-order valence-corrected chi connectivity index (χ3v) is 11.6. The zero-order chi connectivity index (χ0) is 46.3. The van der Waals surface area contributed by atoms with Crippen LogP contribution < -0.4 is 10.6 Å². The first-order valence-corrected chi connectivity index (χ1v) is 21.8. The van der Waals surface area contributed by atoms with Gasteiger partial charge in [0.25, 0.3) is 0 Å². The van der Waals surface area contributed by atoms with Crippen LogP contribution in [-0.2, 0) is 34.4 Å². The highest BCUT2D eigenvalue weighted by atomic mass is 16.4. The fourth-order valence-electron chi connectivity index (χ4n) is 8.40. The van der Waals surface area contributed by atoms with E-state index in [0.717, 1.165) is 38.7 Å². The van der Waals surface area contributed by atoms with E-state index in [4.69, 9.17) is 4.98 Å². The summed E-state index contributed by atoms with van der Waals surface area (Å²) in [6.07, 6.45) is -0.0838. The molecule has 2 aromatic heterocycles. The van der Waals surface area contributed by atoms with Gasteiger partial charge in [-0.3, -0.25) is 24.5 Å². The van der Waals surface area contributed by atoms with Crippen molar-refractivity contribution in [3.63, 3.8) is 0 Å². The minimum Gasteiger partial charge on any atom is -0.465 e. The number of rotatable bonds is 16. The molecule has 1 saturated heterocycles. The second-order valence-corrected chi connectivity index (χ2v) is 20.0. The Morgan fingerprint density at radius 2 is 1.41 bits per heavy atom. The fraction of sp³-hybridized carbons (Fsp3) is 0.480. The Hall–Kier alpha value is -5.82. The van der Waals surface area contributed by atoms with E-state index in [-0.39, 0.29) is 24.3 Å². The average Bonchev–Trinajstić information content (AvgIpc) is 3.55. The first-order valence-electron chi connectivity index (χ1n) is 21.8. The van der Waals surface area contributed by atoms with Crippen LogP contribution in [0.4, 0.5) is 9.59 Å². The van der Waals surface area contributed by atoms with Gasteiger partial charge in [-0.2, -0.15) is 0 Å². The lowest BCUT2D eigenvalue weighted by Crippen LogP contribution is -2.59. The largest absolute Gasteiger partial charge is 0.465 e. The van der Waals surface area contributed by atoms with E-state index >= 15 is 0 Å². The van der Waals surface area contributed by atoms with Crippen molar-refractivity contribution in [3.8, 4) is 11.3 Å². The predicted molar refractivity (Wildman–Crippen MR) is 246 cm³/mol. The van der Waals surface area contributed by atoms with Gasteiger partial charge in [-0.25, -0.2) is 9.59 Å². The average molecular weight is 862 g/mol. The summed E-state index contributed by atoms with van der Waals surface area (Å²) in [5.74, 6) is -0.893. The minimum atomic E-state index is -1.24. The zero-order valence-electron chi connectivity index (χ0n) is 38.6. The summed E-state index contributed by atoms with van der Waals surface area (Å²) in [5.41, 5.74) is 3.59. The topological polar surface area (TPSA) is 168 Å². The summed E-state index contributed by atoms with van der Waals surface area (Å²) < 4.78 is 0. The molecule has 0 aliphatic carbocycles. The van der Waals surface area contributed by atoms with Crippen molar-refractivity contribution in [2.24, 2.45) is 10.8 Å². The van der Waals surface area contributed by atoms with E-state index in [2.05, 4.69) is 36.4 Å². The third kappa shape index (κ3) is 12.9. The third-order valence-electron chi connectivity index (χ3n) is 11.6. The van der Waals surface area contributed by atoms with E-state index in [9.17, 15) is 29.4 Å². The Labute approximate surface area is 373 Å². The Balaban J connectivity index is 1.42. The van der Waals surface area contributed by atoms with Gasteiger partial charge in [0, 0.05) is 49.0 Å². The maximum absolute atomic E-state index is 14.7. The number of carbonyl (C=O) groups excluding carboxylic acids is 3. The van der Waals surface area contributed by atoms with Crippen molar-refractivity contribution in [3.05, 3.63) is 120 Å². The number of nitrogens with zero attached hydrogens (tertiary/aromatic N) is 5. The van der Waals surface area contributed by atoms with E-state index < -0.39 is 59.0 Å². The number of hydrogen-bond acceptors (Lipinski definition) is 7. The predicted octanol–water partition coefficient (Wildman–Crippen LogP) is 7.32. The first kappa shape index (κ1) is 48.2. The molecule has 1 fully saturated rings. The lowest BCUT2D eigenvalue weighted by molar-refractivity contribution is -0.131. The molecular formula is C50H67N7O6. The zero-order valence-corrected chi connectivity index (χ0v) is 38.6. The van der Waals surface area contributed by atoms with Crippen LogP contribution in [0.1, 0.15) is 91.2 Å². The quantitative estimate of drug-likeness (QED) is 0.0909. The Morgan fingerprint density at radius 1 is 0.762 bits per heavy atom. The Morgan fingerprint density at radius 3 is 2.00 bits per heavy atom. The van der Waals surface area contributed by atoms with Gasteiger partial charge in [0.2, 0.25) is 11.8 Å². The molecule has 1 aliphatic rings. The highest BCUT2D eigenvalue weighted by Crippen LogP contribution is 2.30. The van der Waals surface area contributed by atoms with Crippen LogP contribution in [0.5, 0.6) is 0 Å². The van der Waals surface area contributed by atoms with Gasteiger partial charge < -0.3 is 30.6 Å². The van der Waals surface area contributed by atoms with Crippen LogP contribution >= 0.6 is 0 Å². The molecular weight excluding hydrogens is 795 g/mol. The minimum absolute atomic E-state index is 0.0242. The standard InChI is InChI=1S/C50H67N7O6/c1-48(2,3)41-21-16-19-36(52-41)32-56-27-28-57(46(56)61)43(50(7,8)9)45(60)54-39(30-33-17-12-11-13-18-33)40(58)31-37(53-44(59)42(49(4,5)6)55(10)47(62)63)29-34-22-24-35(25-23-34)38-20-14-15-26-51-38/h11-26,37,39-40,42-43,58H,27-32H2,1-10H3,(H,53,59)(H,54,60)(H,62,63)/t37-,39+,40+,42-,43-/m1/s1. The Kier molecular flexibility index (Phi) is 15.4. The first-order chi connectivity index (χ1) is 29.5. The molecule has 0 saturated carbocycles. The van der Waals surface area contributed by atoms with Crippen LogP contribution in [0.15, 0.2) is 97.2 Å². The molecule has 13 nitrogen and oxygen atoms in total. The number of aliphatic hydroxyl groups is 1. The van der Waals surface area contributed by atoms with Crippen LogP contribution in [-0.4, -0.2) is 109 Å². The lowest BCUT2D eigenvalue weighted by atomic mass is 9.84. The fourth-order valence-corrected chi connectivity index (χ4v) is 8.40. The van der Waals surface area contributed by atoms with Crippen molar-refractivity contribution in [2.75, 3.05) is 20.1 Å². The molecule has 63 heavy (non-hydrogen) atoms. The van der Waals surface area contributed by atoms with E-state index in [1.807, 2.05) is 112 Å². The number of amides is 5. The van der Waals surface area contributed by atoms with Crippen molar-refractivity contribution < 1.29 is 29.4 Å². The van der Waals surface area contributed by atoms with Crippen molar-refractivity contribution in [2.45, 2.75) is 124 Å². The number of carboxylic acid groups (broad SMARTS) is 1. The molecule has 4 aromatic rings. The van der Waals surface area contributed by atoms with E-state index in [0.29, 0.717) is 26.1 Å². The second-order valence-electron chi connectivity index (χ2n) is 20.0. The molecule has 5 rings (SSSR count). The molecule has 5 amide bonds. The molecule has 2 aromatic carbocycles. The summed E-state index contributed by atoms with van der Waals surface area (Å²) in [5, 5.41) is 28.5. The molecule has 0 bridgehead atoms. The van der Waals surface area contributed by atoms with Crippen molar-refractivity contribution in [1.29, 1.82) is 0 Å². The number of pyridine rings is 2. The van der Waals surface area contributed by atoms with Gasteiger partial charge in [-0.15, -0.1) is 0 Å². The molecule has 338 valence electrons. The molecule has 0 spiro atoms. The summed E-state index contributed by atoms with van der Waals surface area (Å²) in [6, 6.07) is 25.2. The lowest BCUT2D eigenvalue weighted by Gasteiger charge is -2.38. The summed E-state index contributed by atoms with van der Waals surface area (Å²) >= 11 is 0. The second kappa shape index (κ2) is 20.1. The van der Waals surface area contributed by atoms with Gasteiger partial charge in [0.15, 0.2) is 0 Å². The van der Waals surface area contributed by atoms with Gasteiger partial charge >= 0.3 is 12.1 Å². The molecule has 1 aliphatic heterocycles.